The summed E-state index contributed by atoms with van der Waals surface area (Å²) in [6, 6.07) is 5.93. The predicted octanol–water partition coefficient (Wildman–Crippen LogP) is 3.02. The maximum atomic E-state index is 12.8. The summed E-state index contributed by atoms with van der Waals surface area (Å²) < 4.78 is 0. The van der Waals surface area contributed by atoms with Crippen molar-refractivity contribution in [1.82, 2.24) is 9.80 Å². The van der Waals surface area contributed by atoms with E-state index in [1.807, 2.05) is 62.6 Å². The Hall–Kier alpha value is -1.84. The Bertz CT molecular complexity index is 602. The molecule has 1 heterocycles. The Morgan fingerprint density at radius 3 is 2.17 bits per heavy atom. The van der Waals surface area contributed by atoms with Crippen molar-refractivity contribution >= 4 is 11.8 Å². The highest BCUT2D eigenvalue weighted by Crippen LogP contribution is 2.20. The number of benzene rings is 1. The van der Waals surface area contributed by atoms with Crippen LogP contribution in [0.2, 0.25) is 0 Å². The van der Waals surface area contributed by atoms with Crippen molar-refractivity contribution in [3.8, 4) is 0 Å². The maximum Gasteiger partial charge on any atom is 0.254 e. The van der Waals surface area contributed by atoms with Crippen LogP contribution in [-0.2, 0) is 4.79 Å². The zero-order chi connectivity index (χ0) is 17.2. The normalized spacial score (nSPS) is 16.2. The Balaban J connectivity index is 2.08. The van der Waals surface area contributed by atoms with Crippen LogP contribution in [0.5, 0.6) is 0 Å². The number of nitrogens with zero attached hydrogens (tertiary/aromatic N) is 2. The van der Waals surface area contributed by atoms with E-state index < -0.39 is 0 Å². The molecule has 1 fully saturated rings. The second-order valence-corrected chi connectivity index (χ2v) is 7.51. The van der Waals surface area contributed by atoms with Crippen LogP contribution in [0, 0.1) is 19.3 Å². The van der Waals surface area contributed by atoms with Gasteiger partial charge in [0.1, 0.15) is 0 Å². The first-order valence-electron chi connectivity index (χ1n) is 8.36. The molecule has 1 aliphatic rings. The number of carbonyl (C=O) groups is 2. The van der Waals surface area contributed by atoms with E-state index in [0.29, 0.717) is 19.6 Å². The lowest BCUT2D eigenvalue weighted by atomic mass is 9.94. The van der Waals surface area contributed by atoms with Crippen LogP contribution in [0.25, 0.3) is 0 Å². The van der Waals surface area contributed by atoms with Gasteiger partial charge in [0.15, 0.2) is 0 Å². The quantitative estimate of drug-likeness (QED) is 0.799. The number of hydrogen-bond donors (Lipinski definition) is 0. The van der Waals surface area contributed by atoms with Crippen molar-refractivity contribution in [1.29, 1.82) is 0 Å². The number of carbonyl (C=O) groups excluding carboxylic acids is 2. The summed E-state index contributed by atoms with van der Waals surface area (Å²) in [5, 5.41) is 0. The number of hydrogen-bond acceptors (Lipinski definition) is 2. The fourth-order valence-corrected chi connectivity index (χ4v) is 3.02. The molecule has 2 amide bonds. The van der Waals surface area contributed by atoms with Crippen LogP contribution < -0.4 is 0 Å². The molecular weight excluding hydrogens is 288 g/mol. The summed E-state index contributed by atoms with van der Waals surface area (Å²) in [4.78, 5) is 29.0. The monoisotopic (exact) mass is 316 g/mol. The Labute approximate surface area is 139 Å². The first kappa shape index (κ1) is 17.5. The van der Waals surface area contributed by atoms with Gasteiger partial charge in [-0.15, -0.1) is 0 Å². The van der Waals surface area contributed by atoms with Crippen molar-refractivity contribution < 1.29 is 9.59 Å². The summed E-state index contributed by atoms with van der Waals surface area (Å²) in [5.41, 5.74) is 2.58. The average molecular weight is 316 g/mol. The molecule has 126 valence electrons. The van der Waals surface area contributed by atoms with Crippen LogP contribution in [0.15, 0.2) is 18.2 Å². The van der Waals surface area contributed by atoms with Gasteiger partial charge in [-0.2, -0.15) is 0 Å². The lowest BCUT2D eigenvalue weighted by Gasteiger charge is -2.28. The fourth-order valence-electron chi connectivity index (χ4n) is 3.02. The van der Waals surface area contributed by atoms with Gasteiger partial charge in [-0.1, -0.05) is 38.5 Å². The molecule has 1 aliphatic heterocycles. The Morgan fingerprint density at radius 1 is 0.957 bits per heavy atom. The first-order valence-corrected chi connectivity index (χ1v) is 8.36. The summed E-state index contributed by atoms with van der Waals surface area (Å²) in [6.45, 7) is 12.5. The summed E-state index contributed by atoms with van der Waals surface area (Å²) in [7, 11) is 0. The van der Waals surface area contributed by atoms with Crippen LogP contribution >= 0.6 is 0 Å². The highest BCUT2D eigenvalue weighted by molar-refractivity contribution is 5.95. The molecule has 4 nitrogen and oxygen atoms in total. The van der Waals surface area contributed by atoms with Crippen molar-refractivity contribution in [3.05, 3.63) is 34.9 Å². The third-order valence-electron chi connectivity index (χ3n) is 4.32. The van der Waals surface area contributed by atoms with Gasteiger partial charge in [0, 0.05) is 37.2 Å². The van der Waals surface area contributed by atoms with E-state index in [2.05, 4.69) is 0 Å². The van der Waals surface area contributed by atoms with Gasteiger partial charge < -0.3 is 9.80 Å². The molecule has 0 bridgehead atoms. The van der Waals surface area contributed by atoms with Gasteiger partial charge in [-0.3, -0.25) is 9.59 Å². The highest BCUT2D eigenvalue weighted by Gasteiger charge is 2.29. The second kappa shape index (κ2) is 6.73. The van der Waals surface area contributed by atoms with Gasteiger partial charge in [0.05, 0.1) is 0 Å². The lowest BCUT2D eigenvalue weighted by molar-refractivity contribution is -0.139. The van der Waals surface area contributed by atoms with Gasteiger partial charge in [-0.05, 0) is 31.9 Å². The molecule has 0 saturated carbocycles. The third-order valence-corrected chi connectivity index (χ3v) is 4.32. The predicted molar refractivity (Wildman–Crippen MR) is 92.5 cm³/mol. The number of amides is 2. The average Bonchev–Trinajstić information content (AvgIpc) is 2.70. The van der Waals surface area contributed by atoms with Crippen molar-refractivity contribution in [2.75, 3.05) is 26.2 Å². The molecule has 0 radical (unpaired) electrons. The van der Waals surface area contributed by atoms with Gasteiger partial charge in [-0.25, -0.2) is 0 Å². The van der Waals surface area contributed by atoms with Crippen molar-refractivity contribution in [3.63, 3.8) is 0 Å². The SMILES string of the molecule is Cc1ccc(C(=O)N2CCCN(C(=O)C(C)(C)C)CC2)c(C)c1. The molecule has 2 rings (SSSR count). The molecule has 0 atom stereocenters. The van der Waals surface area contributed by atoms with E-state index in [1.54, 1.807) is 0 Å². The Kier molecular flexibility index (Phi) is 5.12. The molecule has 0 aromatic heterocycles. The van der Waals surface area contributed by atoms with E-state index in [4.69, 9.17) is 0 Å². The largest absolute Gasteiger partial charge is 0.340 e. The molecule has 1 aromatic rings. The molecule has 23 heavy (non-hydrogen) atoms. The van der Waals surface area contributed by atoms with Gasteiger partial charge in [0.2, 0.25) is 5.91 Å². The summed E-state index contributed by atoms with van der Waals surface area (Å²) in [5.74, 6) is 0.242. The van der Waals surface area contributed by atoms with Crippen molar-refractivity contribution in [2.24, 2.45) is 5.41 Å². The summed E-state index contributed by atoms with van der Waals surface area (Å²) in [6.07, 6.45) is 0.832. The zero-order valence-corrected chi connectivity index (χ0v) is 15.0. The Morgan fingerprint density at radius 2 is 1.57 bits per heavy atom. The van der Waals surface area contributed by atoms with Crippen LogP contribution in [0.1, 0.15) is 48.7 Å². The standard InChI is InChI=1S/C19H28N2O2/c1-14-7-8-16(15(2)13-14)17(22)20-9-6-10-21(12-11-20)18(23)19(3,4)5/h7-8,13H,6,9-12H2,1-5H3. The molecule has 0 spiro atoms. The fraction of sp³-hybridized carbons (Fsp3) is 0.579. The molecular formula is C19H28N2O2. The minimum absolute atomic E-state index is 0.0764. The first-order chi connectivity index (χ1) is 10.7. The van der Waals surface area contributed by atoms with Gasteiger partial charge in [0.25, 0.3) is 5.91 Å². The van der Waals surface area contributed by atoms with E-state index in [0.717, 1.165) is 29.7 Å². The lowest BCUT2D eigenvalue weighted by Crippen LogP contribution is -2.42. The van der Waals surface area contributed by atoms with E-state index in [1.165, 1.54) is 0 Å². The molecule has 0 N–H and O–H groups in total. The number of rotatable bonds is 1. The van der Waals surface area contributed by atoms with Gasteiger partial charge >= 0.3 is 0 Å². The van der Waals surface area contributed by atoms with E-state index >= 15 is 0 Å². The molecule has 1 saturated heterocycles. The third kappa shape index (κ3) is 4.12. The van der Waals surface area contributed by atoms with Crippen LogP contribution in [0.3, 0.4) is 0 Å². The summed E-state index contributed by atoms with van der Waals surface area (Å²) >= 11 is 0. The van der Waals surface area contributed by atoms with E-state index in [9.17, 15) is 9.59 Å². The number of aryl methyl sites for hydroxylation is 2. The van der Waals surface area contributed by atoms with Crippen LogP contribution in [-0.4, -0.2) is 47.8 Å². The minimum atomic E-state index is -0.368. The minimum Gasteiger partial charge on any atom is -0.340 e. The van der Waals surface area contributed by atoms with Crippen molar-refractivity contribution in [2.45, 2.75) is 41.0 Å². The smallest absolute Gasteiger partial charge is 0.254 e. The molecule has 1 aromatic carbocycles. The topological polar surface area (TPSA) is 40.6 Å². The van der Waals surface area contributed by atoms with E-state index in [-0.39, 0.29) is 17.2 Å². The molecule has 0 aliphatic carbocycles. The maximum absolute atomic E-state index is 12.8. The van der Waals surface area contributed by atoms with Crippen LogP contribution in [0.4, 0.5) is 0 Å². The second-order valence-electron chi connectivity index (χ2n) is 7.51. The molecule has 0 unspecified atom stereocenters. The zero-order valence-electron chi connectivity index (χ0n) is 15.0. The highest BCUT2D eigenvalue weighted by atomic mass is 16.2. The molecule has 4 heteroatoms.